The standard InChI is InChI=1S/C22H26N4O3S/c1-14-11-15(2)24-21-19(14)26(8-10-30-21)22(28)25-17-6-3-5-16(12-17)20(27)23-13-18-7-4-9-29-18/h3,5-6,11-12,18H,4,7-10,13H2,1-2H3,(H,23,27)(H,25,28). The van der Waals surface area contributed by atoms with Crippen LogP contribution in [0, 0.1) is 13.8 Å². The second kappa shape index (κ2) is 9.06. The number of fused-ring (bicyclic) bond motifs is 1. The van der Waals surface area contributed by atoms with Crippen molar-refractivity contribution in [3.8, 4) is 0 Å². The van der Waals surface area contributed by atoms with Gasteiger partial charge in [0.05, 0.1) is 11.8 Å². The number of benzene rings is 1. The summed E-state index contributed by atoms with van der Waals surface area (Å²) in [7, 11) is 0. The van der Waals surface area contributed by atoms with Crippen LogP contribution in [0.25, 0.3) is 0 Å². The second-order valence-electron chi connectivity index (χ2n) is 7.59. The molecule has 1 aromatic carbocycles. The number of urea groups is 1. The molecule has 1 fully saturated rings. The number of amides is 3. The topological polar surface area (TPSA) is 83.6 Å². The first-order valence-electron chi connectivity index (χ1n) is 10.2. The third kappa shape index (κ3) is 4.60. The highest BCUT2D eigenvalue weighted by Gasteiger charge is 2.26. The molecule has 0 bridgehead atoms. The molecule has 2 aliphatic heterocycles. The lowest BCUT2D eigenvalue weighted by Gasteiger charge is -2.30. The lowest BCUT2D eigenvalue weighted by atomic mass is 10.1. The molecule has 7 nitrogen and oxygen atoms in total. The van der Waals surface area contributed by atoms with Gasteiger partial charge in [-0.2, -0.15) is 0 Å². The number of hydrogen-bond donors (Lipinski definition) is 2. The van der Waals surface area contributed by atoms with E-state index in [1.54, 1.807) is 40.9 Å². The number of thioether (sulfide) groups is 1. The first-order valence-corrected chi connectivity index (χ1v) is 11.2. The van der Waals surface area contributed by atoms with Gasteiger partial charge in [0.25, 0.3) is 5.91 Å². The number of aromatic nitrogens is 1. The number of anilines is 2. The molecule has 1 atom stereocenters. The SMILES string of the molecule is Cc1cc(C)c2c(n1)SCCN2C(=O)Nc1cccc(C(=O)NCC2CCCO2)c1. The van der Waals surface area contributed by atoms with Gasteiger partial charge in [0, 0.05) is 42.4 Å². The first-order chi connectivity index (χ1) is 14.5. The zero-order chi connectivity index (χ0) is 21.1. The van der Waals surface area contributed by atoms with Crippen LogP contribution >= 0.6 is 11.8 Å². The smallest absolute Gasteiger partial charge is 0.326 e. The lowest BCUT2D eigenvalue weighted by molar-refractivity contribution is 0.0858. The van der Waals surface area contributed by atoms with Crippen LogP contribution < -0.4 is 15.5 Å². The van der Waals surface area contributed by atoms with Crippen molar-refractivity contribution in [1.82, 2.24) is 10.3 Å². The Kier molecular flexibility index (Phi) is 6.24. The predicted octanol–water partition coefficient (Wildman–Crippen LogP) is 3.75. The molecular weight excluding hydrogens is 400 g/mol. The Morgan fingerprint density at radius 2 is 2.17 bits per heavy atom. The van der Waals surface area contributed by atoms with Gasteiger partial charge in [-0.15, -0.1) is 11.8 Å². The number of rotatable bonds is 4. The number of pyridine rings is 1. The highest BCUT2D eigenvalue weighted by atomic mass is 32.2. The lowest BCUT2D eigenvalue weighted by Crippen LogP contribution is -2.39. The van der Waals surface area contributed by atoms with E-state index in [0.29, 0.717) is 24.3 Å². The quantitative estimate of drug-likeness (QED) is 0.778. The van der Waals surface area contributed by atoms with Crippen LogP contribution in [0.15, 0.2) is 35.4 Å². The fraction of sp³-hybridized carbons (Fsp3) is 0.409. The molecule has 0 radical (unpaired) electrons. The summed E-state index contributed by atoms with van der Waals surface area (Å²) >= 11 is 1.67. The van der Waals surface area contributed by atoms with Crippen LogP contribution in [-0.2, 0) is 4.74 Å². The Balaban J connectivity index is 1.44. The molecule has 8 heteroatoms. The number of ether oxygens (including phenoxy) is 1. The van der Waals surface area contributed by atoms with Gasteiger partial charge < -0.3 is 15.4 Å². The molecule has 0 aliphatic carbocycles. The number of carbonyl (C=O) groups excluding carboxylic acids is 2. The zero-order valence-electron chi connectivity index (χ0n) is 17.2. The molecule has 1 unspecified atom stereocenters. The second-order valence-corrected chi connectivity index (χ2v) is 8.67. The van der Waals surface area contributed by atoms with Gasteiger partial charge in [0.15, 0.2) is 0 Å². The van der Waals surface area contributed by atoms with Crippen LogP contribution in [0.1, 0.15) is 34.5 Å². The minimum Gasteiger partial charge on any atom is -0.376 e. The molecule has 4 rings (SSSR count). The minimum atomic E-state index is -0.220. The van der Waals surface area contributed by atoms with Gasteiger partial charge in [-0.05, 0) is 56.5 Å². The van der Waals surface area contributed by atoms with Gasteiger partial charge in [-0.3, -0.25) is 9.69 Å². The van der Waals surface area contributed by atoms with Crippen LogP contribution in [0.2, 0.25) is 0 Å². The predicted molar refractivity (Wildman–Crippen MR) is 119 cm³/mol. The van der Waals surface area contributed by atoms with Gasteiger partial charge in [-0.1, -0.05) is 6.07 Å². The van der Waals surface area contributed by atoms with E-state index >= 15 is 0 Å². The summed E-state index contributed by atoms with van der Waals surface area (Å²) in [6, 6.07) is 8.76. The van der Waals surface area contributed by atoms with Crippen LogP contribution in [-0.4, -0.2) is 48.5 Å². The Bertz CT molecular complexity index is 959. The third-order valence-electron chi connectivity index (χ3n) is 5.24. The summed E-state index contributed by atoms with van der Waals surface area (Å²) in [5, 5.41) is 6.73. The van der Waals surface area contributed by atoms with Crippen LogP contribution in [0.5, 0.6) is 0 Å². The van der Waals surface area contributed by atoms with Crippen molar-refractivity contribution < 1.29 is 14.3 Å². The first kappa shape index (κ1) is 20.7. The molecule has 3 amide bonds. The van der Waals surface area contributed by atoms with Gasteiger partial charge in [-0.25, -0.2) is 9.78 Å². The van der Waals surface area contributed by atoms with E-state index in [1.165, 1.54) is 0 Å². The van der Waals surface area contributed by atoms with Crippen molar-refractivity contribution in [1.29, 1.82) is 0 Å². The molecule has 1 saturated heterocycles. The van der Waals surface area contributed by atoms with Crippen LogP contribution in [0.4, 0.5) is 16.2 Å². The number of hydrogen-bond acceptors (Lipinski definition) is 5. The van der Waals surface area contributed by atoms with E-state index in [-0.39, 0.29) is 18.0 Å². The maximum atomic E-state index is 13.0. The Hall–Kier alpha value is -2.58. The fourth-order valence-electron chi connectivity index (χ4n) is 3.82. The van der Waals surface area contributed by atoms with Crippen molar-refractivity contribution in [3.63, 3.8) is 0 Å². The molecular formula is C22H26N4O3S. The van der Waals surface area contributed by atoms with E-state index in [0.717, 1.165) is 47.2 Å². The minimum absolute atomic E-state index is 0.0920. The molecule has 0 saturated carbocycles. The van der Waals surface area contributed by atoms with Crippen LogP contribution in [0.3, 0.4) is 0 Å². The van der Waals surface area contributed by atoms with E-state index in [4.69, 9.17) is 4.74 Å². The van der Waals surface area contributed by atoms with Gasteiger partial charge in [0.1, 0.15) is 5.03 Å². The number of nitrogens with zero attached hydrogens (tertiary/aromatic N) is 2. The third-order valence-corrected chi connectivity index (χ3v) is 6.18. The maximum Gasteiger partial charge on any atom is 0.326 e. The molecule has 2 N–H and O–H groups in total. The molecule has 3 heterocycles. The van der Waals surface area contributed by atoms with Gasteiger partial charge in [0.2, 0.25) is 0 Å². The Labute approximate surface area is 180 Å². The Morgan fingerprint density at radius 1 is 1.30 bits per heavy atom. The average molecular weight is 427 g/mol. The normalized spacial score (nSPS) is 18.1. The van der Waals surface area contributed by atoms with Crippen molar-refractivity contribution in [2.75, 3.05) is 35.7 Å². The summed E-state index contributed by atoms with van der Waals surface area (Å²) in [5.41, 5.74) is 3.93. The summed E-state index contributed by atoms with van der Waals surface area (Å²) in [4.78, 5) is 31.8. The number of aryl methyl sites for hydroxylation is 2. The summed E-state index contributed by atoms with van der Waals surface area (Å²) in [5.74, 6) is 0.624. The van der Waals surface area contributed by atoms with Crippen molar-refractivity contribution >= 4 is 35.1 Å². The van der Waals surface area contributed by atoms with E-state index < -0.39 is 0 Å². The number of nitrogens with one attached hydrogen (secondary N) is 2. The molecule has 1 aromatic heterocycles. The van der Waals surface area contributed by atoms with E-state index in [1.807, 2.05) is 19.9 Å². The summed E-state index contributed by atoms with van der Waals surface area (Å²) in [6.07, 6.45) is 2.10. The summed E-state index contributed by atoms with van der Waals surface area (Å²) < 4.78 is 5.54. The molecule has 2 aromatic rings. The Morgan fingerprint density at radius 3 is 2.97 bits per heavy atom. The molecule has 30 heavy (non-hydrogen) atoms. The maximum absolute atomic E-state index is 13.0. The number of carbonyl (C=O) groups is 2. The molecule has 0 spiro atoms. The molecule has 2 aliphatic rings. The fourth-order valence-corrected chi connectivity index (χ4v) is 4.90. The van der Waals surface area contributed by atoms with Crippen molar-refractivity contribution in [2.24, 2.45) is 0 Å². The summed E-state index contributed by atoms with van der Waals surface area (Å²) in [6.45, 7) is 5.83. The molecule has 158 valence electrons. The van der Waals surface area contributed by atoms with Crippen molar-refractivity contribution in [2.45, 2.75) is 37.8 Å². The van der Waals surface area contributed by atoms with Gasteiger partial charge >= 0.3 is 6.03 Å². The van der Waals surface area contributed by atoms with Crippen molar-refractivity contribution in [3.05, 3.63) is 47.2 Å². The average Bonchev–Trinajstić information content (AvgIpc) is 3.25. The highest BCUT2D eigenvalue weighted by Crippen LogP contribution is 2.36. The van der Waals surface area contributed by atoms with E-state index in [2.05, 4.69) is 15.6 Å². The monoisotopic (exact) mass is 426 g/mol. The zero-order valence-corrected chi connectivity index (χ0v) is 18.1. The largest absolute Gasteiger partial charge is 0.376 e. The highest BCUT2D eigenvalue weighted by molar-refractivity contribution is 7.99. The van der Waals surface area contributed by atoms with E-state index in [9.17, 15) is 9.59 Å².